The number of aromatic nitrogens is 2. The largest absolute Gasteiger partial charge is 0.344 e. The van der Waals surface area contributed by atoms with Crippen molar-refractivity contribution < 1.29 is 4.79 Å². The Kier molecular flexibility index (Phi) is 4.19. The Balaban J connectivity index is 2.11. The SMILES string of the molecule is Cc1cc(C(=O)NC2(CCl)CCCC(C)C2)nn1C. The summed E-state index contributed by atoms with van der Waals surface area (Å²) < 4.78 is 1.71. The molecule has 0 saturated heterocycles. The second-order valence-corrected chi connectivity index (χ2v) is 6.13. The summed E-state index contributed by atoms with van der Waals surface area (Å²) in [4.78, 5) is 12.3. The second-order valence-electron chi connectivity index (χ2n) is 5.86. The van der Waals surface area contributed by atoms with E-state index in [1.54, 1.807) is 4.68 Å². The van der Waals surface area contributed by atoms with E-state index in [2.05, 4.69) is 17.3 Å². The summed E-state index contributed by atoms with van der Waals surface area (Å²) in [6, 6.07) is 1.81. The van der Waals surface area contributed by atoms with E-state index in [1.807, 2.05) is 20.0 Å². The average molecular weight is 284 g/mol. The number of amides is 1. The van der Waals surface area contributed by atoms with Gasteiger partial charge in [-0.25, -0.2) is 0 Å². The predicted molar refractivity (Wildman–Crippen MR) is 76.5 cm³/mol. The maximum atomic E-state index is 12.3. The maximum absolute atomic E-state index is 12.3. The van der Waals surface area contributed by atoms with E-state index < -0.39 is 0 Å². The van der Waals surface area contributed by atoms with E-state index in [0.29, 0.717) is 17.5 Å². The number of nitrogens with one attached hydrogen (secondary N) is 1. The zero-order valence-corrected chi connectivity index (χ0v) is 12.6. The molecule has 106 valence electrons. The van der Waals surface area contributed by atoms with Gasteiger partial charge in [0.05, 0.1) is 5.54 Å². The average Bonchev–Trinajstić information content (AvgIpc) is 2.70. The lowest BCUT2D eigenvalue weighted by Gasteiger charge is -2.39. The molecule has 1 fully saturated rings. The van der Waals surface area contributed by atoms with Gasteiger partial charge in [0, 0.05) is 18.6 Å². The van der Waals surface area contributed by atoms with Crippen LogP contribution in [0.5, 0.6) is 0 Å². The smallest absolute Gasteiger partial charge is 0.272 e. The van der Waals surface area contributed by atoms with Gasteiger partial charge in [-0.15, -0.1) is 11.6 Å². The highest BCUT2D eigenvalue weighted by atomic mass is 35.5. The number of halogens is 1. The molecule has 0 aliphatic heterocycles. The Labute approximate surface area is 119 Å². The standard InChI is InChI=1S/C14H22ClN3O/c1-10-5-4-6-14(8-10,9-15)16-13(19)12-7-11(2)18(3)17-12/h7,10H,4-6,8-9H2,1-3H3,(H,16,19). The van der Waals surface area contributed by atoms with Gasteiger partial charge in [-0.1, -0.05) is 19.8 Å². The number of carbonyl (C=O) groups excluding carboxylic acids is 1. The molecule has 1 aliphatic carbocycles. The van der Waals surface area contributed by atoms with Crippen molar-refractivity contribution in [1.82, 2.24) is 15.1 Å². The van der Waals surface area contributed by atoms with Gasteiger partial charge in [0.2, 0.25) is 0 Å². The molecule has 4 nitrogen and oxygen atoms in total. The second kappa shape index (κ2) is 5.53. The number of rotatable bonds is 3. The number of hydrogen-bond donors (Lipinski definition) is 1. The Bertz CT molecular complexity index is 452. The van der Waals surface area contributed by atoms with Crippen LogP contribution in [-0.2, 0) is 7.05 Å². The first kappa shape index (κ1) is 14.4. The molecule has 1 amide bonds. The van der Waals surface area contributed by atoms with E-state index in [4.69, 9.17) is 11.6 Å². The first-order valence-corrected chi connectivity index (χ1v) is 7.38. The zero-order chi connectivity index (χ0) is 14.0. The molecule has 1 saturated carbocycles. The van der Waals surface area contributed by atoms with Crippen molar-refractivity contribution in [2.45, 2.75) is 45.1 Å². The normalized spacial score (nSPS) is 27.3. The molecule has 1 aliphatic rings. The number of aryl methyl sites for hydroxylation is 2. The van der Waals surface area contributed by atoms with Gasteiger partial charge in [-0.3, -0.25) is 9.48 Å². The molecule has 1 N–H and O–H groups in total. The predicted octanol–water partition coefficient (Wildman–Crippen LogP) is 2.65. The van der Waals surface area contributed by atoms with Gasteiger partial charge < -0.3 is 5.32 Å². The Morgan fingerprint density at radius 2 is 2.42 bits per heavy atom. The van der Waals surface area contributed by atoms with Crippen molar-refractivity contribution in [3.63, 3.8) is 0 Å². The van der Waals surface area contributed by atoms with Crippen LogP contribution in [-0.4, -0.2) is 27.1 Å². The van der Waals surface area contributed by atoms with Gasteiger partial charge in [0.25, 0.3) is 5.91 Å². The minimum absolute atomic E-state index is 0.113. The van der Waals surface area contributed by atoms with Crippen LogP contribution in [0.2, 0.25) is 0 Å². The maximum Gasteiger partial charge on any atom is 0.272 e. The quantitative estimate of drug-likeness (QED) is 0.867. The zero-order valence-electron chi connectivity index (χ0n) is 11.9. The third-order valence-electron chi connectivity index (χ3n) is 4.07. The fourth-order valence-corrected chi connectivity index (χ4v) is 3.21. The molecule has 2 rings (SSSR count). The van der Waals surface area contributed by atoms with Crippen molar-refractivity contribution in [3.05, 3.63) is 17.5 Å². The summed E-state index contributed by atoms with van der Waals surface area (Å²) >= 11 is 6.13. The highest BCUT2D eigenvalue weighted by Crippen LogP contribution is 2.33. The molecule has 2 atom stereocenters. The topological polar surface area (TPSA) is 46.9 Å². The van der Waals surface area contributed by atoms with E-state index in [1.165, 1.54) is 6.42 Å². The van der Waals surface area contributed by atoms with Gasteiger partial charge in [0.15, 0.2) is 0 Å². The number of carbonyl (C=O) groups is 1. The van der Waals surface area contributed by atoms with Crippen LogP contribution in [0.15, 0.2) is 6.07 Å². The van der Waals surface area contributed by atoms with Crippen LogP contribution >= 0.6 is 11.6 Å². The van der Waals surface area contributed by atoms with Gasteiger partial charge >= 0.3 is 0 Å². The first-order valence-electron chi connectivity index (χ1n) is 6.85. The summed E-state index contributed by atoms with van der Waals surface area (Å²) in [6.45, 7) is 4.15. The minimum Gasteiger partial charge on any atom is -0.344 e. The van der Waals surface area contributed by atoms with Crippen LogP contribution in [0.3, 0.4) is 0 Å². The monoisotopic (exact) mass is 283 g/mol. The van der Waals surface area contributed by atoms with Crippen molar-refractivity contribution in [3.8, 4) is 0 Å². The summed E-state index contributed by atoms with van der Waals surface area (Å²) in [7, 11) is 1.84. The van der Waals surface area contributed by atoms with Crippen molar-refractivity contribution in [2.24, 2.45) is 13.0 Å². The molecule has 0 spiro atoms. The minimum atomic E-state index is -0.262. The number of hydrogen-bond acceptors (Lipinski definition) is 2. The van der Waals surface area contributed by atoms with Crippen LogP contribution in [0.4, 0.5) is 0 Å². The van der Waals surface area contributed by atoms with Gasteiger partial charge in [-0.2, -0.15) is 5.10 Å². The molecule has 0 bridgehead atoms. The van der Waals surface area contributed by atoms with E-state index in [-0.39, 0.29) is 11.4 Å². The van der Waals surface area contributed by atoms with Crippen LogP contribution in [0, 0.1) is 12.8 Å². The van der Waals surface area contributed by atoms with Crippen LogP contribution < -0.4 is 5.32 Å². The molecule has 2 unspecified atom stereocenters. The van der Waals surface area contributed by atoms with Gasteiger partial charge in [0.1, 0.15) is 5.69 Å². The molecule has 1 aromatic rings. The molecule has 0 radical (unpaired) electrons. The number of alkyl halides is 1. The highest BCUT2D eigenvalue weighted by molar-refractivity contribution is 6.19. The van der Waals surface area contributed by atoms with E-state index in [9.17, 15) is 4.79 Å². The van der Waals surface area contributed by atoms with Gasteiger partial charge in [-0.05, 0) is 31.7 Å². The lowest BCUT2D eigenvalue weighted by Crippen LogP contribution is -2.52. The fraction of sp³-hybridized carbons (Fsp3) is 0.714. The summed E-state index contributed by atoms with van der Waals surface area (Å²) in [5, 5.41) is 7.34. The van der Waals surface area contributed by atoms with Crippen molar-refractivity contribution in [1.29, 1.82) is 0 Å². The van der Waals surface area contributed by atoms with Crippen molar-refractivity contribution in [2.75, 3.05) is 5.88 Å². The molecule has 1 aromatic heterocycles. The van der Waals surface area contributed by atoms with Crippen LogP contribution in [0.1, 0.15) is 48.8 Å². The van der Waals surface area contributed by atoms with E-state index in [0.717, 1.165) is 25.0 Å². The summed E-state index contributed by atoms with van der Waals surface area (Å²) in [5.41, 5.74) is 1.19. The molecular formula is C14H22ClN3O. The lowest BCUT2D eigenvalue weighted by atomic mass is 9.77. The first-order chi connectivity index (χ1) is 8.96. The molecule has 1 heterocycles. The lowest BCUT2D eigenvalue weighted by molar-refractivity contribution is 0.0861. The highest BCUT2D eigenvalue weighted by Gasteiger charge is 2.36. The molecular weight excluding hydrogens is 262 g/mol. The Morgan fingerprint density at radius 1 is 1.68 bits per heavy atom. The molecule has 5 heteroatoms. The van der Waals surface area contributed by atoms with Crippen molar-refractivity contribution >= 4 is 17.5 Å². The Hall–Kier alpha value is -1.03. The fourth-order valence-electron chi connectivity index (χ4n) is 2.90. The third-order valence-corrected chi connectivity index (χ3v) is 4.58. The molecule has 0 aromatic carbocycles. The third kappa shape index (κ3) is 3.11. The van der Waals surface area contributed by atoms with Crippen LogP contribution in [0.25, 0.3) is 0 Å². The summed E-state index contributed by atoms with van der Waals surface area (Å²) in [6.07, 6.45) is 4.25. The Morgan fingerprint density at radius 3 is 2.95 bits per heavy atom. The summed E-state index contributed by atoms with van der Waals surface area (Å²) in [5.74, 6) is 0.964. The number of nitrogens with zero attached hydrogens (tertiary/aromatic N) is 2. The molecule has 19 heavy (non-hydrogen) atoms. The van der Waals surface area contributed by atoms with E-state index >= 15 is 0 Å².